The Morgan fingerprint density at radius 2 is 1.42 bits per heavy atom. The van der Waals surface area contributed by atoms with Crippen molar-refractivity contribution in [2.24, 2.45) is 0 Å². The largest absolute Gasteiger partial charge is 0.468 e. The molecule has 1 amide bonds. The lowest BCUT2D eigenvalue weighted by atomic mass is 10.4. The van der Waals surface area contributed by atoms with Crippen molar-refractivity contribution in [3.8, 4) is 0 Å². The lowest BCUT2D eigenvalue weighted by Gasteiger charge is -2.19. The summed E-state index contributed by atoms with van der Waals surface area (Å²) in [6.07, 6.45) is 0. The second-order valence-corrected chi connectivity index (χ2v) is 3.45. The number of methoxy groups -OCH3 is 3. The number of esters is 2. The Morgan fingerprint density at radius 3 is 1.84 bits per heavy atom. The summed E-state index contributed by atoms with van der Waals surface area (Å²) in [5.41, 5.74) is 0. The molecule has 110 valence electrons. The fourth-order valence-corrected chi connectivity index (χ4v) is 1.07. The van der Waals surface area contributed by atoms with Crippen molar-refractivity contribution < 1.29 is 33.3 Å². The number of carbonyl (C=O) groups excluding carboxylic acids is 3. The third-order valence-corrected chi connectivity index (χ3v) is 2.11. The summed E-state index contributed by atoms with van der Waals surface area (Å²) in [6.45, 7) is -0.332. The molecule has 0 aliphatic rings. The van der Waals surface area contributed by atoms with E-state index in [1.807, 2.05) is 0 Å². The summed E-state index contributed by atoms with van der Waals surface area (Å²) in [5.74, 6) is -1.77. The number of hydrogen-bond acceptors (Lipinski definition) is 7. The average molecular weight is 277 g/mol. The summed E-state index contributed by atoms with van der Waals surface area (Å²) in [4.78, 5) is 35.0. The van der Waals surface area contributed by atoms with E-state index >= 15 is 0 Å². The number of nitrogens with zero attached hydrogens (tertiary/aromatic N) is 1. The molecular weight excluding hydrogens is 258 g/mol. The predicted octanol–water partition coefficient (Wildman–Crippen LogP) is -1.18. The van der Waals surface area contributed by atoms with Crippen molar-refractivity contribution in [2.75, 3.05) is 54.2 Å². The highest BCUT2D eigenvalue weighted by atomic mass is 16.5. The third-order valence-electron chi connectivity index (χ3n) is 2.11. The van der Waals surface area contributed by atoms with E-state index in [0.29, 0.717) is 6.61 Å². The summed E-state index contributed by atoms with van der Waals surface area (Å²) < 4.78 is 18.7. The van der Waals surface area contributed by atoms with E-state index in [-0.39, 0.29) is 26.3 Å². The molecule has 0 aromatic heterocycles. The van der Waals surface area contributed by atoms with Gasteiger partial charge in [0.25, 0.3) is 0 Å². The summed E-state index contributed by atoms with van der Waals surface area (Å²) in [7, 11) is 3.89. The van der Waals surface area contributed by atoms with Crippen LogP contribution in [0.3, 0.4) is 0 Å². The molecule has 0 saturated carbocycles. The van der Waals surface area contributed by atoms with E-state index in [1.165, 1.54) is 21.3 Å². The minimum atomic E-state index is -0.630. The maximum absolute atomic E-state index is 11.8. The molecule has 8 heteroatoms. The number of carbonyl (C=O) groups is 3. The Kier molecular flexibility index (Phi) is 9.37. The number of ether oxygens (including phenoxy) is 4. The van der Waals surface area contributed by atoms with Crippen molar-refractivity contribution in [1.29, 1.82) is 0 Å². The lowest BCUT2D eigenvalue weighted by molar-refractivity contribution is -0.153. The predicted molar refractivity (Wildman–Crippen MR) is 63.3 cm³/mol. The second kappa shape index (κ2) is 10.3. The molecule has 0 N–H and O–H groups in total. The topological polar surface area (TPSA) is 91.4 Å². The van der Waals surface area contributed by atoms with Crippen LogP contribution < -0.4 is 0 Å². The fourth-order valence-electron chi connectivity index (χ4n) is 1.07. The molecule has 0 aromatic carbocycles. The van der Waals surface area contributed by atoms with Gasteiger partial charge in [0.1, 0.15) is 19.7 Å². The van der Waals surface area contributed by atoms with Gasteiger partial charge >= 0.3 is 11.9 Å². The highest BCUT2D eigenvalue weighted by Crippen LogP contribution is 1.94. The molecule has 0 aliphatic carbocycles. The molecule has 0 radical (unpaired) electrons. The SMILES string of the molecule is COCCOCC(=O)N(CC(=O)OC)CC(=O)OC. The highest BCUT2D eigenvalue weighted by molar-refractivity contribution is 5.86. The molecule has 0 heterocycles. The Morgan fingerprint density at radius 1 is 0.895 bits per heavy atom. The first-order valence-electron chi connectivity index (χ1n) is 5.53. The smallest absolute Gasteiger partial charge is 0.325 e. The molecule has 0 fully saturated rings. The van der Waals surface area contributed by atoms with Crippen LogP contribution in [0.4, 0.5) is 0 Å². The second-order valence-electron chi connectivity index (χ2n) is 3.45. The molecular formula is C11H19NO7. The van der Waals surface area contributed by atoms with E-state index in [0.717, 1.165) is 4.90 Å². The van der Waals surface area contributed by atoms with Crippen molar-refractivity contribution >= 4 is 17.8 Å². The monoisotopic (exact) mass is 277 g/mol. The minimum Gasteiger partial charge on any atom is -0.468 e. The van der Waals surface area contributed by atoms with Gasteiger partial charge in [-0.15, -0.1) is 0 Å². The molecule has 0 saturated heterocycles. The zero-order valence-corrected chi connectivity index (χ0v) is 11.3. The van der Waals surface area contributed by atoms with Gasteiger partial charge in [-0.3, -0.25) is 14.4 Å². The van der Waals surface area contributed by atoms with Gasteiger partial charge in [0, 0.05) is 7.11 Å². The Labute approximate surface area is 111 Å². The Balaban J connectivity index is 4.32. The van der Waals surface area contributed by atoms with Gasteiger partial charge in [0.05, 0.1) is 27.4 Å². The average Bonchev–Trinajstić information content (AvgIpc) is 2.42. The van der Waals surface area contributed by atoms with Crippen molar-refractivity contribution in [3.63, 3.8) is 0 Å². The van der Waals surface area contributed by atoms with Gasteiger partial charge < -0.3 is 23.8 Å². The Bertz CT molecular complexity index is 287. The van der Waals surface area contributed by atoms with Crippen molar-refractivity contribution in [3.05, 3.63) is 0 Å². The van der Waals surface area contributed by atoms with Crippen LogP contribution in [-0.2, 0) is 33.3 Å². The molecule has 8 nitrogen and oxygen atoms in total. The van der Waals surface area contributed by atoms with Gasteiger partial charge in [0.15, 0.2) is 0 Å². The highest BCUT2D eigenvalue weighted by Gasteiger charge is 2.20. The molecule has 0 unspecified atom stereocenters. The first-order valence-corrected chi connectivity index (χ1v) is 5.53. The summed E-state index contributed by atoms with van der Waals surface area (Å²) in [5, 5.41) is 0. The summed E-state index contributed by atoms with van der Waals surface area (Å²) >= 11 is 0. The van der Waals surface area contributed by atoms with E-state index in [2.05, 4.69) is 9.47 Å². The first-order chi connectivity index (χ1) is 9.04. The normalized spacial score (nSPS) is 9.84. The van der Waals surface area contributed by atoms with Crippen LogP contribution >= 0.6 is 0 Å². The fraction of sp³-hybridized carbons (Fsp3) is 0.727. The van der Waals surface area contributed by atoms with E-state index in [1.54, 1.807) is 0 Å². The van der Waals surface area contributed by atoms with Crippen molar-refractivity contribution in [1.82, 2.24) is 4.90 Å². The first kappa shape index (κ1) is 17.3. The number of amides is 1. The standard InChI is InChI=1S/C11H19NO7/c1-16-4-5-19-8-9(13)12(6-10(14)17-2)7-11(15)18-3/h4-8H2,1-3H3. The van der Waals surface area contributed by atoms with E-state index in [9.17, 15) is 14.4 Å². The van der Waals surface area contributed by atoms with Crippen LogP contribution in [0.5, 0.6) is 0 Å². The van der Waals surface area contributed by atoms with Gasteiger partial charge in [-0.05, 0) is 0 Å². The Hall–Kier alpha value is -1.67. The molecule has 0 aliphatic heterocycles. The molecule has 0 bridgehead atoms. The van der Waals surface area contributed by atoms with E-state index in [4.69, 9.17) is 9.47 Å². The third kappa shape index (κ3) is 8.11. The van der Waals surface area contributed by atoms with Crippen LogP contribution in [-0.4, -0.2) is 77.0 Å². The van der Waals surface area contributed by atoms with Crippen LogP contribution in [0, 0.1) is 0 Å². The quantitative estimate of drug-likeness (QED) is 0.387. The van der Waals surface area contributed by atoms with Crippen LogP contribution in [0.1, 0.15) is 0 Å². The maximum Gasteiger partial charge on any atom is 0.325 e. The number of rotatable bonds is 9. The molecule has 0 aromatic rings. The van der Waals surface area contributed by atoms with Crippen LogP contribution in [0.15, 0.2) is 0 Å². The zero-order valence-electron chi connectivity index (χ0n) is 11.3. The molecule has 19 heavy (non-hydrogen) atoms. The van der Waals surface area contributed by atoms with E-state index < -0.39 is 17.8 Å². The van der Waals surface area contributed by atoms with Crippen LogP contribution in [0.2, 0.25) is 0 Å². The van der Waals surface area contributed by atoms with Gasteiger partial charge in [-0.2, -0.15) is 0 Å². The summed E-state index contributed by atoms with van der Waals surface area (Å²) in [6, 6.07) is 0. The van der Waals surface area contributed by atoms with Crippen molar-refractivity contribution in [2.45, 2.75) is 0 Å². The lowest BCUT2D eigenvalue weighted by Crippen LogP contribution is -2.42. The van der Waals surface area contributed by atoms with Gasteiger partial charge in [-0.25, -0.2) is 0 Å². The molecule has 0 spiro atoms. The minimum absolute atomic E-state index is 0.243. The zero-order chi connectivity index (χ0) is 14.7. The number of hydrogen-bond donors (Lipinski definition) is 0. The van der Waals surface area contributed by atoms with Gasteiger partial charge in [0.2, 0.25) is 5.91 Å². The molecule has 0 atom stereocenters. The van der Waals surface area contributed by atoms with Gasteiger partial charge in [-0.1, -0.05) is 0 Å². The maximum atomic E-state index is 11.8. The molecule has 0 rings (SSSR count). The van der Waals surface area contributed by atoms with Crippen LogP contribution in [0.25, 0.3) is 0 Å².